The van der Waals surface area contributed by atoms with Gasteiger partial charge in [-0.3, -0.25) is 9.78 Å². The van der Waals surface area contributed by atoms with Crippen LogP contribution in [-0.2, 0) is 6.18 Å². The summed E-state index contributed by atoms with van der Waals surface area (Å²) in [4.78, 5) is 27.1. The number of pyridine rings is 1. The zero-order valence-corrected chi connectivity index (χ0v) is 16.5. The van der Waals surface area contributed by atoms with E-state index in [1.165, 1.54) is 18.3 Å². The molecule has 31 heavy (non-hydrogen) atoms. The second-order valence-electron chi connectivity index (χ2n) is 7.41. The molecule has 1 amide bonds. The molecule has 1 saturated heterocycles. The topological polar surface area (TPSA) is 85.0 Å². The minimum atomic E-state index is -4.41. The minimum Gasteiger partial charge on any atom is -0.368 e. The van der Waals surface area contributed by atoms with Crippen molar-refractivity contribution in [3.05, 3.63) is 71.8 Å². The second-order valence-corrected chi connectivity index (χ2v) is 7.41. The van der Waals surface area contributed by atoms with E-state index >= 15 is 0 Å². The molecule has 4 rings (SSSR count). The van der Waals surface area contributed by atoms with Crippen molar-refractivity contribution in [2.75, 3.05) is 18.8 Å². The summed E-state index contributed by atoms with van der Waals surface area (Å²) >= 11 is 0. The Hall–Kier alpha value is -3.49. The molecule has 0 radical (unpaired) electrons. The highest BCUT2D eigenvalue weighted by Gasteiger charge is 2.31. The highest BCUT2D eigenvalue weighted by atomic mass is 19.4. The number of benzene rings is 1. The summed E-state index contributed by atoms with van der Waals surface area (Å²) < 4.78 is 38.8. The van der Waals surface area contributed by atoms with Gasteiger partial charge >= 0.3 is 6.18 Å². The van der Waals surface area contributed by atoms with Crippen molar-refractivity contribution in [1.29, 1.82) is 0 Å². The van der Waals surface area contributed by atoms with E-state index in [2.05, 4.69) is 15.0 Å². The maximum atomic E-state index is 12.9. The third kappa shape index (κ3) is 4.50. The zero-order valence-electron chi connectivity index (χ0n) is 16.5. The fraction of sp³-hybridized carbons (Fsp3) is 0.273. The fourth-order valence-corrected chi connectivity index (χ4v) is 3.82. The molecule has 1 aliphatic rings. The molecule has 0 bridgehead atoms. The Morgan fingerprint density at radius 2 is 1.87 bits per heavy atom. The lowest BCUT2D eigenvalue weighted by Gasteiger charge is -2.33. The van der Waals surface area contributed by atoms with E-state index in [-0.39, 0.29) is 17.8 Å². The van der Waals surface area contributed by atoms with Crippen LogP contribution in [0.1, 0.15) is 40.5 Å². The molecular formula is C22H20F3N5O. The molecular weight excluding hydrogens is 407 g/mol. The number of aromatic nitrogens is 3. The standard InChI is InChI=1S/C22H20F3N5O/c23-22(24,25)16-8-6-14(7-9-16)17-12-28-21(26)29-19(17)15-4-3-11-30(13-15)20(31)18-5-1-2-10-27-18/h1-2,5-10,12,15H,3-4,11,13H2,(H2,26,28,29). The summed E-state index contributed by atoms with van der Waals surface area (Å²) in [5, 5.41) is 0. The molecule has 9 heteroatoms. The predicted octanol–water partition coefficient (Wildman–Crippen LogP) is 4.16. The van der Waals surface area contributed by atoms with Gasteiger partial charge in [-0.25, -0.2) is 9.97 Å². The van der Waals surface area contributed by atoms with E-state index in [4.69, 9.17) is 5.73 Å². The Morgan fingerprint density at radius 1 is 1.10 bits per heavy atom. The molecule has 1 aliphatic heterocycles. The summed E-state index contributed by atoms with van der Waals surface area (Å²) in [5.74, 6) is -0.203. The van der Waals surface area contributed by atoms with E-state index in [0.717, 1.165) is 25.0 Å². The van der Waals surface area contributed by atoms with Crippen LogP contribution in [0.15, 0.2) is 54.9 Å². The largest absolute Gasteiger partial charge is 0.416 e. The number of carbonyl (C=O) groups excluding carboxylic acids is 1. The number of hydrogen-bond acceptors (Lipinski definition) is 5. The first-order valence-corrected chi connectivity index (χ1v) is 9.83. The molecule has 1 atom stereocenters. The monoisotopic (exact) mass is 427 g/mol. The van der Waals surface area contributed by atoms with E-state index < -0.39 is 11.7 Å². The lowest BCUT2D eigenvalue weighted by molar-refractivity contribution is -0.137. The van der Waals surface area contributed by atoms with Crippen molar-refractivity contribution in [3.63, 3.8) is 0 Å². The van der Waals surface area contributed by atoms with Gasteiger partial charge in [0.2, 0.25) is 5.95 Å². The number of hydrogen-bond donors (Lipinski definition) is 1. The van der Waals surface area contributed by atoms with E-state index in [9.17, 15) is 18.0 Å². The number of piperidine rings is 1. The Bertz CT molecular complexity index is 1070. The molecule has 160 valence electrons. The number of carbonyl (C=O) groups is 1. The van der Waals surface area contributed by atoms with Gasteiger partial charge in [-0.05, 0) is 42.7 Å². The van der Waals surface area contributed by atoms with Gasteiger partial charge in [0.25, 0.3) is 5.91 Å². The van der Waals surface area contributed by atoms with Crippen LogP contribution >= 0.6 is 0 Å². The van der Waals surface area contributed by atoms with Gasteiger partial charge in [0.15, 0.2) is 0 Å². The van der Waals surface area contributed by atoms with Gasteiger partial charge in [-0.15, -0.1) is 0 Å². The quantitative estimate of drug-likeness (QED) is 0.679. The molecule has 1 aromatic carbocycles. The predicted molar refractivity (Wildman–Crippen MR) is 109 cm³/mol. The summed E-state index contributed by atoms with van der Waals surface area (Å²) in [5.41, 5.74) is 7.27. The number of rotatable bonds is 3. The normalized spacial score (nSPS) is 16.9. The summed E-state index contributed by atoms with van der Waals surface area (Å²) in [6.07, 6.45) is 0.229. The lowest BCUT2D eigenvalue weighted by Crippen LogP contribution is -2.39. The molecule has 0 spiro atoms. The first-order chi connectivity index (χ1) is 14.8. The van der Waals surface area contributed by atoms with Crippen LogP contribution in [0.5, 0.6) is 0 Å². The number of anilines is 1. The van der Waals surface area contributed by atoms with Crippen molar-refractivity contribution in [3.8, 4) is 11.1 Å². The first-order valence-electron chi connectivity index (χ1n) is 9.83. The van der Waals surface area contributed by atoms with Crippen LogP contribution < -0.4 is 5.73 Å². The Labute approximate surface area is 177 Å². The number of likely N-dealkylation sites (tertiary alicyclic amines) is 1. The highest BCUT2D eigenvalue weighted by Crippen LogP contribution is 2.35. The van der Waals surface area contributed by atoms with Gasteiger partial charge < -0.3 is 10.6 Å². The highest BCUT2D eigenvalue weighted by molar-refractivity contribution is 5.92. The van der Waals surface area contributed by atoms with Crippen LogP contribution in [0.25, 0.3) is 11.1 Å². The Kier molecular flexibility index (Phi) is 5.58. The van der Waals surface area contributed by atoms with E-state index in [1.807, 2.05) is 0 Å². The summed E-state index contributed by atoms with van der Waals surface area (Å²) in [6, 6.07) is 10.1. The van der Waals surface area contributed by atoms with E-state index in [1.54, 1.807) is 29.3 Å². The SMILES string of the molecule is Nc1ncc(-c2ccc(C(F)(F)F)cc2)c(C2CCCN(C(=O)c3ccccn3)C2)n1. The zero-order chi connectivity index (χ0) is 22.0. The number of nitrogens with two attached hydrogens (primary N) is 1. The third-order valence-electron chi connectivity index (χ3n) is 5.34. The number of nitrogens with zero attached hydrogens (tertiary/aromatic N) is 4. The maximum Gasteiger partial charge on any atom is 0.416 e. The van der Waals surface area contributed by atoms with Crippen molar-refractivity contribution >= 4 is 11.9 Å². The molecule has 3 aromatic rings. The van der Waals surface area contributed by atoms with Crippen LogP contribution in [0.2, 0.25) is 0 Å². The molecule has 1 unspecified atom stereocenters. The average Bonchev–Trinajstić information content (AvgIpc) is 2.79. The number of alkyl halides is 3. The van der Waals surface area contributed by atoms with Crippen LogP contribution in [0, 0.1) is 0 Å². The summed E-state index contributed by atoms with van der Waals surface area (Å²) in [6.45, 7) is 1.02. The smallest absolute Gasteiger partial charge is 0.368 e. The number of amides is 1. The van der Waals surface area contributed by atoms with Crippen LogP contribution in [0.4, 0.5) is 19.1 Å². The first kappa shape index (κ1) is 20.8. The third-order valence-corrected chi connectivity index (χ3v) is 5.34. The number of nitrogen functional groups attached to an aromatic ring is 1. The second kappa shape index (κ2) is 8.33. The Balaban J connectivity index is 1.63. The van der Waals surface area contributed by atoms with Crippen LogP contribution in [-0.4, -0.2) is 38.8 Å². The lowest BCUT2D eigenvalue weighted by atomic mass is 9.89. The molecule has 0 saturated carbocycles. The van der Waals surface area contributed by atoms with Gasteiger partial charge in [0.1, 0.15) is 5.69 Å². The van der Waals surface area contributed by atoms with Gasteiger partial charge in [0, 0.05) is 37.0 Å². The van der Waals surface area contributed by atoms with E-state index in [0.29, 0.717) is 35.6 Å². The average molecular weight is 427 g/mol. The van der Waals surface area contributed by atoms with Crippen molar-refractivity contribution in [2.24, 2.45) is 0 Å². The summed E-state index contributed by atoms with van der Waals surface area (Å²) in [7, 11) is 0. The molecule has 2 aromatic heterocycles. The molecule has 0 aliphatic carbocycles. The van der Waals surface area contributed by atoms with Crippen LogP contribution in [0.3, 0.4) is 0 Å². The van der Waals surface area contributed by atoms with Crippen molar-refractivity contribution in [1.82, 2.24) is 19.9 Å². The molecule has 2 N–H and O–H groups in total. The van der Waals surface area contributed by atoms with Crippen molar-refractivity contribution in [2.45, 2.75) is 24.9 Å². The minimum absolute atomic E-state index is 0.0823. The molecule has 6 nitrogen and oxygen atoms in total. The van der Waals surface area contributed by atoms with Gasteiger partial charge in [-0.1, -0.05) is 18.2 Å². The molecule has 3 heterocycles. The van der Waals surface area contributed by atoms with Gasteiger partial charge in [-0.2, -0.15) is 13.2 Å². The Morgan fingerprint density at radius 3 is 2.55 bits per heavy atom. The molecule has 1 fully saturated rings. The number of halogens is 3. The maximum absolute atomic E-state index is 12.9. The van der Waals surface area contributed by atoms with Gasteiger partial charge in [0.05, 0.1) is 11.3 Å². The van der Waals surface area contributed by atoms with Crippen molar-refractivity contribution < 1.29 is 18.0 Å². The fourth-order valence-electron chi connectivity index (χ4n) is 3.82.